The summed E-state index contributed by atoms with van der Waals surface area (Å²) in [6, 6.07) is 17.8. The zero-order valence-electron chi connectivity index (χ0n) is 20.5. The van der Waals surface area contributed by atoms with E-state index >= 15 is 0 Å². The van der Waals surface area contributed by atoms with Crippen LogP contribution in [-0.4, -0.2) is 46.1 Å². The average molecular weight is 452 g/mol. The van der Waals surface area contributed by atoms with Gasteiger partial charge in [-0.1, -0.05) is 69.7 Å². The molecule has 1 aromatic heterocycles. The quantitative estimate of drug-likeness (QED) is 0.394. The summed E-state index contributed by atoms with van der Waals surface area (Å²) in [5.41, 5.74) is 2.93. The third-order valence-electron chi connectivity index (χ3n) is 5.51. The third-order valence-corrected chi connectivity index (χ3v) is 5.51. The molecular weight excluding hydrogens is 414 g/mol. The number of rotatable bonds is 12. The van der Waals surface area contributed by atoms with Gasteiger partial charge in [0, 0.05) is 32.2 Å². The SMILES string of the molecule is CCC[C@@H](O)CN(Cc1c(-c2ccccc2)nn(C)c1Oc1ccccc1OC)CC(C)C. The van der Waals surface area contributed by atoms with Crippen molar-refractivity contribution in [3.63, 3.8) is 0 Å². The molecule has 0 unspecified atom stereocenters. The van der Waals surface area contributed by atoms with E-state index in [1.54, 1.807) is 11.8 Å². The number of hydrogen-bond acceptors (Lipinski definition) is 5. The third kappa shape index (κ3) is 6.59. The number of ether oxygens (including phenoxy) is 2. The first-order valence-electron chi connectivity index (χ1n) is 11.8. The summed E-state index contributed by atoms with van der Waals surface area (Å²) in [4.78, 5) is 2.31. The molecule has 2 aromatic carbocycles. The second-order valence-electron chi connectivity index (χ2n) is 8.91. The molecule has 3 rings (SSSR count). The predicted octanol–water partition coefficient (Wildman–Crippen LogP) is 5.51. The molecule has 33 heavy (non-hydrogen) atoms. The second kappa shape index (κ2) is 11.9. The largest absolute Gasteiger partial charge is 0.493 e. The molecule has 1 N–H and O–H groups in total. The number of nitrogens with zero attached hydrogens (tertiary/aromatic N) is 3. The smallest absolute Gasteiger partial charge is 0.222 e. The second-order valence-corrected chi connectivity index (χ2v) is 8.91. The number of para-hydroxylation sites is 2. The van der Waals surface area contributed by atoms with Crippen LogP contribution in [0.15, 0.2) is 54.6 Å². The van der Waals surface area contributed by atoms with Gasteiger partial charge in [0.1, 0.15) is 5.69 Å². The van der Waals surface area contributed by atoms with Crippen LogP contribution < -0.4 is 9.47 Å². The van der Waals surface area contributed by atoms with Gasteiger partial charge in [-0.3, -0.25) is 4.90 Å². The van der Waals surface area contributed by atoms with Gasteiger partial charge in [0.2, 0.25) is 5.88 Å². The molecule has 6 heteroatoms. The van der Waals surface area contributed by atoms with Crippen LogP contribution in [0.1, 0.15) is 39.2 Å². The van der Waals surface area contributed by atoms with E-state index in [1.165, 1.54) is 0 Å². The first-order chi connectivity index (χ1) is 15.9. The number of benzene rings is 2. The van der Waals surface area contributed by atoms with Gasteiger partial charge in [-0.15, -0.1) is 0 Å². The van der Waals surface area contributed by atoms with Gasteiger partial charge >= 0.3 is 0 Å². The zero-order valence-corrected chi connectivity index (χ0v) is 20.5. The summed E-state index contributed by atoms with van der Waals surface area (Å²) in [5.74, 6) is 2.46. The van der Waals surface area contributed by atoms with Crippen molar-refractivity contribution in [2.45, 2.75) is 46.3 Å². The summed E-state index contributed by atoms with van der Waals surface area (Å²) in [6.45, 7) is 8.62. The minimum Gasteiger partial charge on any atom is -0.493 e. The van der Waals surface area contributed by atoms with Crippen LogP contribution >= 0.6 is 0 Å². The van der Waals surface area contributed by atoms with Crippen molar-refractivity contribution in [2.75, 3.05) is 20.2 Å². The molecule has 0 aliphatic rings. The van der Waals surface area contributed by atoms with Gasteiger partial charge in [-0.25, -0.2) is 4.68 Å². The monoisotopic (exact) mass is 451 g/mol. The van der Waals surface area contributed by atoms with E-state index in [-0.39, 0.29) is 6.10 Å². The summed E-state index contributed by atoms with van der Waals surface area (Å²) >= 11 is 0. The number of aryl methyl sites for hydroxylation is 1. The molecule has 0 aliphatic carbocycles. The van der Waals surface area contributed by atoms with Crippen LogP contribution in [0.5, 0.6) is 17.4 Å². The van der Waals surface area contributed by atoms with Crippen LogP contribution in [0.4, 0.5) is 0 Å². The molecule has 3 aromatic rings. The summed E-state index contributed by atoms with van der Waals surface area (Å²) in [6.07, 6.45) is 1.39. The van der Waals surface area contributed by atoms with Crippen LogP contribution in [0, 0.1) is 5.92 Å². The van der Waals surface area contributed by atoms with Gasteiger partial charge in [-0.2, -0.15) is 5.10 Å². The van der Waals surface area contributed by atoms with Crippen molar-refractivity contribution in [2.24, 2.45) is 13.0 Å². The lowest BCUT2D eigenvalue weighted by molar-refractivity contribution is 0.0940. The molecule has 0 saturated carbocycles. The Hall–Kier alpha value is -2.83. The number of aromatic nitrogens is 2. The molecule has 6 nitrogen and oxygen atoms in total. The Morgan fingerprint density at radius 2 is 1.67 bits per heavy atom. The Morgan fingerprint density at radius 3 is 2.30 bits per heavy atom. The maximum atomic E-state index is 10.6. The lowest BCUT2D eigenvalue weighted by Crippen LogP contribution is -2.34. The van der Waals surface area contributed by atoms with Crippen molar-refractivity contribution in [1.82, 2.24) is 14.7 Å². The van der Waals surface area contributed by atoms with E-state index in [2.05, 4.69) is 37.8 Å². The fraction of sp³-hybridized carbons (Fsp3) is 0.444. The minimum atomic E-state index is -0.357. The first kappa shape index (κ1) is 24.8. The highest BCUT2D eigenvalue weighted by Gasteiger charge is 2.24. The van der Waals surface area contributed by atoms with Gasteiger partial charge in [0.25, 0.3) is 0 Å². The molecule has 1 heterocycles. The van der Waals surface area contributed by atoms with E-state index in [0.29, 0.717) is 36.4 Å². The maximum Gasteiger partial charge on any atom is 0.222 e. The molecule has 0 aliphatic heterocycles. The van der Waals surface area contributed by atoms with Crippen LogP contribution in [0.25, 0.3) is 11.3 Å². The lowest BCUT2D eigenvalue weighted by atomic mass is 10.1. The van der Waals surface area contributed by atoms with E-state index in [1.807, 2.05) is 49.5 Å². The fourth-order valence-corrected chi connectivity index (χ4v) is 4.12. The zero-order chi connectivity index (χ0) is 23.8. The molecule has 1 atom stereocenters. The Bertz CT molecular complexity index is 1000. The van der Waals surface area contributed by atoms with Crippen LogP contribution in [-0.2, 0) is 13.6 Å². The van der Waals surface area contributed by atoms with Crippen molar-refractivity contribution >= 4 is 0 Å². The topological polar surface area (TPSA) is 59.8 Å². The highest BCUT2D eigenvalue weighted by molar-refractivity contribution is 5.66. The van der Waals surface area contributed by atoms with Crippen LogP contribution in [0.3, 0.4) is 0 Å². The summed E-state index contributed by atoms with van der Waals surface area (Å²) in [5, 5.41) is 15.4. The molecule has 0 spiro atoms. The van der Waals surface area contributed by atoms with Gasteiger partial charge in [-0.05, 0) is 24.5 Å². The average Bonchev–Trinajstić information content (AvgIpc) is 3.09. The standard InChI is InChI=1S/C27H37N3O3/c1-6-12-22(31)18-30(17-20(2)3)19-23-26(21-13-8-7-9-14-21)28-29(4)27(23)33-25-16-11-10-15-24(25)32-5/h7-11,13-16,20,22,31H,6,12,17-19H2,1-5H3/t22-/m1/s1. The van der Waals surface area contributed by atoms with E-state index < -0.39 is 0 Å². The van der Waals surface area contributed by atoms with E-state index in [4.69, 9.17) is 14.6 Å². The molecular formula is C27H37N3O3. The van der Waals surface area contributed by atoms with Crippen molar-refractivity contribution in [1.29, 1.82) is 0 Å². The molecule has 0 fully saturated rings. The Balaban J connectivity index is 2.03. The Morgan fingerprint density at radius 1 is 1.00 bits per heavy atom. The van der Waals surface area contributed by atoms with Gasteiger partial charge in [0.05, 0.1) is 18.8 Å². The number of aliphatic hydroxyl groups is 1. The molecule has 0 amide bonds. The van der Waals surface area contributed by atoms with Crippen molar-refractivity contribution in [3.05, 3.63) is 60.2 Å². The Kier molecular flexibility index (Phi) is 8.92. The maximum absolute atomic E-state index is 10.6. The highest BCUT2D eigenvalue weighted by Crippen LogP contribution is 2.37. The number of hydrogen-bond donors (Lipinski definition) is 1. The normalized spacial score (nSPS) is 12.4. The number of methoxy groups -OCH3 is 1. The highest BCUT2D eigenvalue weighted by atomic mass is 16.5. The fourth-order valence-electron chi connectivity index (χ4n) is 4.12. The lowest BCUT2D eigenvalue weighted by Gasteiger charge is -2.27. The van der Waals surface area contributed by atoms with Gasteiger partial charge in [0.15, 0.2) is 11.5 Å². The van der Waals surface area contributed by atoms with E-state index in [0.717, 1.165) is 36.2 Å². The number of aliphatic hydroxyl groups excluding tert-OH is 1. The van der Waals surface area contributed by atoms with Gasteiger partial charge < -0.3 is 14.6 Å². The first-order valence-corrected chi connectivity index (χ1v) is 11.8. The minimum absolute atomic E-state index is 0.357. The summed E-state index contributed by atoms with van der Waals surface area (Å²) in [7, 11) is 3.54. The van der Waals surface area contributed by atoms with Crippen LogP contribution in [0.2, 0.25) is 0 Å². The van der Waals surface area contributed by atoms with E-state index in [9.17, 15) is 5.11 Å². The molecule has 0 bridgehead atoms. The Labute approximate surface area is 197 Å². The van der Waals surface area contributed by atoms with Crippen molar-refractivity contribution in [3.8, 4) is 28.6 Å². The van der Waals surface area contributed by atoms with Crippen molar-refractivity contribution < 1.29 is 14.6 Å². The predicted molar refractivity (Wildman–Crippen MR) is 133 cm³/mol. The molecule has 0 radical (unpaired) electrons. The molecule has 178 valence electrons. The summed E-state index contributed by atoms with van der Waals surface area (Å²) < 4.78 is 13.7. The molecule has 0 saturated heterocycles.